The van der Waals surface area contributed by atoms with Crippen LogP contribution in [-0.2, 0) is 0 Å². The fraction of sp³-hybridized carbons (Fsp3) is 0. The lowest BCUT2D eigenvalue weighted by Crippen LogP contribution is -2.09. The summed E-state index contributed by atoms with van der Waals surface area (Å²) in [5.74, 6) is 5.49. The first-order valence-corrected chi connectivity index (χ1v) is 5.49. The Bertz CT molecular complexity index is 510. The number of hydrogen-bond acceptors (Lipinski definition) is 5. The molecular weight excluding hydrogens is 248 g/mol. The molecule has 0 aliphatic carbocycles. The van der Waals surface area contributed by atoms with Gasteiger partial charge in [-0.1, -0.05) is 11.6 Å². The molecule has 2 aromatic rings. The SMILES string of the molecule is Nn1cnnc1SC(=O)c1ccc(Cl)cc1. The van der Waals surface area contributed by atoms with Gasteiger partial charge in [-0.15, -0.1) is 10.2 Å². The second kappa shape index (κ2) is 4.54. The molecule has 0 atom stereocenters. The van der Waals surface area contributed by atoms with Crippen molar-refractivity contribution in [3.63, 3.8) is 0 Å². The van der Waals surface area contributed by atoms with Crippen molar-refractivity contribution in [2.24, 2.45) is 0 Å². The fourth-order valence-electron chi connectivity index (χ4n) is 1.03. The molecule has 0 fully saturated rings. The lowest BCUT2D eigenvalue weighted by molar-refractivity contribution is 0.108. The molecule has 0 aliphatic heterocycles. The minimum absolute atomic E-state index is 0.156. The molecule has 7 heteroatoms. The van der Waals surface area contributed by atoms with E-state index in [4.69, 9.17) is 17.4 Å². The van der Waals surface area contributed by atoms with Crippen LogP contribution in [0.15, 0.2) is 35.7 Å². The average Bonchev–Trinajstić information content (AvgIpc) is 2.65. The van der Waals surface area contributed by atoms with E-state index in [1.54, 1.807) is 24.3 Å². The van der Waals surface area contributed by atoms with Crippen LogP contribution < -0.4 is 5.84 Å². The van der Waals surface area contributed by atoms with Crippen LogP contribution >= 0.6 is 23.4 Å². The van der Waals surface area contributed by atoms with Gasteiger partial charge >= 0.3 is 0 Å². The highest BCUT2D eigenvalue weighted by Crippen LogP contribution is 2.20. The summed E-state index contributed by atoms with van der Waals surface area (Å²) in [6, 6.07) is 6.61. The summed E-state index contributed by atoms with van der Waals surface area (Å²) in [4.78, 5) is 11.8. The zero-order valence-corrected chi connectivity index (χ0v) is 9.57. The lowest BCUT2D eigenvalue weighted by Gasteiger charge is -1.99. The number of nitrogens with zero attached hydrogens (tertiary/aromatic N) is 3. The number of benzene rings is 1. The fourth-order valence-corrected chi connectivity index (χ4v) is 1.82. The number of carbonyl (C=O) groups is 1. The zero-order chi connectivity index (χ0) is 11.5. The standard InChI is InChI=1S/C9H7ClN4OS/c10-7-3-1-6(2-4-7)8(15)16-9-13-12-5-14(9)11/h1-5H,11H2. The lowest BCUT2D eigenvalue weighted by atomic mass is 10.2. The molecule has 0 bridgehead atoms. The van der Waals surface area contributed by atoms with E-state index in [2.05, 4.69) is 10.2 Å². The van der Waals surface area contributed by atoms with E-state index in [9.17, 15) is 4.79 Å². The molecular formula is C9H7ClN4OS. The Morgan fingerprint density at radius 1 is 1.38 bits per heavy atom. The van der Waals surface area contributed by atoms with Crippen molar-refractivity contribution in [3.8, 4) is 0 Å². The van der Waals surface area contributed by atoms with Crippen molar-refractivity contribution < 1.29 is 4.79 Å². The summed E-state index contributed by atoms with van der Waals surface area (Å²) >= 11 is 6.64. The van der Waals surface area contributed by atoms with Crippen LogP contribution in [0.4, 0.5) is 0 Å². The number of nitrogen functional groups attached to an aromatic ring is 1. The highest BCUT2D eigenvalue weighted by molar-refractivity contribution is 8.14. The molecule has 0 radical (unpaired) electrons. The monoisotopic (exact) mass is 254 g/mol. The average molecular weight is 255 g/mol. The van der Waals surface area contributed by atoms with Crippen molar-refractivity contribution in [3.05, 3.63) is 41.2 Å². The third-order valence-electron chi connectivity index (χ3n) is 1.80. The third kappa shape index (κ3) is 2.34. The molecule has 0 saturated carbocycles. The van der Waals surface area contributed by atoms with Gasteiger partial charge in [-0.05, 0) is 36.0 Å². The minimum Gasteiger partial charge on any atom is -0.336 e. The van der Waals surface area contributed by atoms with E-state index in [0.717, 1.165) is 11.8 Å². The highest BCUT2D eigenvalue weighted by atomic mass is 35.5. The third-order valence-corrected chi connectivity index (χ3v) is 2.95. The first-order chi connectivity index (χ1) is 7.66. The van der Waals surface area contributed by atoms with Gasteiger partial charge in [0.2, 0.25) is 10.3 Å². The predicted molar refractivity (Wildman–Crippen MR) is 61.8 cm³/mol. The quantitative estimate of drug-likeness (QED) is 0.651. The van der Waals surface area contributed by atoms with E-state index in [-0.39, 0.29) is 5.12 Å². The Morgan fingerprint density at radius 3 is 2.62 bits per heavy atom. The number of hydrogen-bond donors (Lipinski definition) is 1. The van der Waals surface area contributed by atoms with E-state index in [1.807, 2.05) is 0 Å². The van der Waals surface area contributed by atoms with Gasteiger partial charge in [-0.25, -0.2) is 4.68 Å². The van der Waals surface area contributed by atoms with Gasteiger partial charge < -0.3 is 5.84 Å². The van der Waals surface area contributed by atoms with Gasteiger partial charge in [0.15, 0.2) is 0 Å². The van der Waals surface area contributed by atoms with Crippen LogP contribution in [0.25, 0.3) is 0 Å². The molecule has 0 unspecified atom stereocenters. The Balaban J connectivity index is 2.15. The summed E-state index contributed by atoms with van der Waals surface area (Å²) in [7, 11) is 0. The van der Waals surface area contributed by atoms with E-state index >= 15 is 0 Å². The summed E-state index contributed by atoms with van der Waals surface area (Å²) in [6.07, 6.45) is 1.33. The van der Waals surface area contributed by atoms with Crippen LogP contribution in [0.3, 0.4) is 0 Å². The topological polar surface area (TPSA) is 73.8 Å². The molecule has 0 saturated heterocycles. The summed E-state index contributed by atoms with van der Waals surface area (Å²) in [5, 5.41) is 8.06. The largest absolute Gasteiger partial charge is 0.336 e. The molecule has 2 N–H and O–H groups in total. The molecule has 1 aromatic heterocycles. The van der Waals surface area contributed by atoms with Crippen LogP contribution in [0.5, 0.6) is 0 Å². The van der Waals surface area contributed by atoms with Crippen LogP contribution in [-0.4, -0.2) is 20.0 Å². The summed E-state index contributed by atoms with van der Waals surface area (Å²) in [6.45, 7) is 0. The Labute approximate surface area is 101 Å². The smallest absolute Gasteiger partial charge is 0.227 e. The van der Waals surface area contributed by atoms with Gasteiger partial charge in [0.25, 0.3) is 0 Å². The molecule has 0 spiro atoms. The van der Waals surface area contributed by atoms with Crippen molar-refractivity contribution in [2.75, 3.05) is 5.84 Å². The number of carbonyl (C=O) groups excluding carboxylic acids is 1. The van der Waals surface area contributed by atoms with E-state index in [1.165, 1.54) is 11.0 Å². The highest BCUT2D eigenvalue weighted by Gasteiger charge is 2.12. The van der Waals surface area contributed by atoms with E-state index in [0.29, 0.717) is 15.7 Å². The predicted octanol–water partition coefficient (Wildman–Crippen LogP) is 1.58. The summed E-state index contributed by atoms with van der Waals surface area (Å²) in [5.41, 5.74) is 0.539. The second-order valence-electron chi connectivity index (χ2n) is 2.92. The number of thioether (sulfide) groups is 1. The van der Waals surface area contributed by atoms with E-state index < -0.39 is 0 Å². The maximum atomic E-state index is 11.8. The van der Waals surface area contributed by atoms with Crippen molar-refractivity contribution >= 4 is 28.5 Å². The summed E-state index contributed by atoms with van der Waals surface area (Å²) < 4.78 is 1.19. The van der Waals surface area contributed by atoms with Crippen molar-refractivity contribution in [2.45, 2.75) is 5.16 Å². The van der Waals surface area contributed by atoms with Gasteiger partial charge in [0.05, 0.1) is 0 Å². The maximum absolute atomic E-state index is 11.8. The first-order valence-electron chi connectivity index (χ1n) is 4.29. The number of halogens is 1. The number of aromatic nitrogens is 3. The molecule has 16 heavy (non-hydrogen) atoms. The Morgan fingerprint density at radius 2 is 2.06 bits per heavy atom. The van der Waals surface area contributed by atoms with Gasteiger partial charge in [0.1, 0.15) is 6.33 Å². The molecule has 0 amide bonds. The number of rotatable bonds is 2. The van der Waals surface area contributed by atoms with Gasteiger partial charge in [-0.2, -0.15) is 0 Å². The van der Waals surface area contributed by atoms with Crippen molar-refractivity contribution in [1.82, 2.24) is 14.9 Å². The zero-order valence-electron chi connectivity index (χ0n) is 8.00. The maximum Gasteiger partial charge on any atom is 0.227 e. The Kier molecular flexibility index (Phi) is 3.12. The first kappa shape index (κ1) is 11.0. The van der Waals surface area contributed by atoms with Crippen molar-refractivity contribution in [1.29, 1.82) is 0 Å². The molecule has 82 valence electrons. The van der Waals surface area contributed by atoms with Crippen LogP contribution in [0.2, 0.25) is 5.02 Å². The molecule has 1 aromatic carbocycles. The second-order valence-corrected chi connectivity index (χ2v) is 4.29. The molecule has 5 nitrogen and oxygen atoms in total. The molecule has 0 aliphatic rings. The molecule has 1 heterocycles. The van der Waals surface area contributed by atoms with Gasteiger partial charge in [0, 0.05) is 10.6 Å². The Hall–Kier alpha value is -1.53. The van der Waals surface area contributed by atoms with Crippen LogP contribution in [0.1, 0.15) is 10.4 Å². The van der Waals surface area contributed by atoms with Gasteiger partial charge in [-0.3, -0.25) is 4.79 Å². The normalized spacial score (nSPS) is 10.3. The number of nitrogens with two attached hydrogens (primary N) is 1. The minimum atomic E-state index is -0.156. The van der Waals surface area contributed by atoms with Crippen LogP contribution in [0, 0.1) is 0 Å². The molecule has 2 rings (SSSR count).